The average molecular weight is 263 g/mol. The zero-order chi connectivity index (χ0) is 14.5. The normalized spacial score (nSPS) is 11.7. The molecule has 0 aromatic heterocycles. The predicted molar refractivity (Wildman–Crippen MR) is 78.6 cm³/mol. The summed E-state index contributed by atoms with van der Waals surface area (Å²) in [4.78, 5) is 12.7. The molecular formula is C16H25NO2. The molecule has 0 spiro atoms. The Balaban J connectivity index is 3.05. The number of nitrogens with two attached hydrogens (primary N) is 1. The lowest BCUT2D eigenvalue weighted by Crippen LogP contribution is -2.37. The lowest BCUT2D eigenvalue weighted by atomic mass is 9.76. The summed E-state index contributed by atoms with van der Waals surface area (Å²) in [6, 6.07) is 7.39. The lowest BCUT2D eigenvalue weighted by molar-refractivity contribution is 0.0786. The van der Waals surface area contributed by atoms with Crippen molar-refractivity contribution in [3.63, 3.8) is 0 Å². The third kappa shape index (κ3) is 3.57. The Labute approximate surface area is 116 Å². The molecule has 0 fully saturated rings. The van der Waals surface area contributed by atoms with Crippen LogP contribution in [-0.2, 0) is 0 Å². The van der Waals surface area contributed by atoms with Crippen LogP contribution in [0.4, 0.5) is 0 Å². The molecule has 0 aliphatic heterocycles. The summed E-state index contributed by atoms with van der Waals surface area (Å²) in [7, 11) is 0. The molecule has 1 rings (SSSR count). The van der Waals surface area contributed by atoms with Gasteiger partial charge < -0.3 is 10.5 Å². The molecule has 3 heteroatoms. The Bertz CT molecular complexity index is 414. The molecule has 0 atom stereocenters. The molecule has 3 nitrogen and oxygen atoms in total. The number of carbonyl (C=O) groups is 1. The zero-order valence-corrected chi connectivity index (χ0v) is 12.4. The van der Waals surface area contributed by atoms with Crippen LogP contribution in [0.5, 0.6) is 5.75 Å². The van der Waals surface area contributed by atoms with Crippen LogP contribution < -0.4 is 10.5 Å². The Hall–Kier alpha value is -1.35. The minimum atomic E-state index is -0.448. The van der Waals surface area contributed by atoms with Gasteiger partial charge in [0.25, 0.3) is 0 Å². The number of benzene rings is 1. The van der Waals surface area contributed by atoms with E-state index in [-0.39, 0.29) is 11.9 Å². The highest BCUT2D eigenvalue weighted by atomic mass is 16.5. The second-order valence-corrected chi connectivity index (χ2v) is 5.22. The number of carbonyl (C=O) groups excluding carboxylic acids is 1. The van der Waals surface area contributed by atoms with Gasteiger partial charge in [0.1, 0.15) is 5.75 Å². The topological polar surface area (TPSA) is 52.3 Å². The third-order valence-corrected chi connectivity index (χ3v) is 3.69. The van der Waals surface area contributed by atoms with Crippen LogP contribution in [-0.4, -0.2) is 18.4 Å². The van der Waals surface area contributed by atoms with E-state index in [1.165, 1.54) is 0 Å². The molecule has 0 radical (unpaired) electrons. The molecule has 0 amide bonds. The largest absolute Gasteiger partial charge is 0.491 e. The van der Waals surface area contributed by atoms with Crippen molar-refractivity contribution in [3.8, 4) is 5.75 Å². The van der Waals surface area contributed by atoms with E-state index in [0.29, 0.717) is 12.1 Å². The van der Waals surface area contributed by atoms with Gasteiger partial charge in [-0.25, -0.2) is 0 Å². The summed E-state index contributed by atoms with van der Waals surface area (Å²) in [5.41, 5.74) is 6.07. The van der Waals surface area contributed by atoms with Gasteiger partial charge in [0, 0.05) is 17.5 Å². The molecule has 0 saturated carbocycles. The Morgan fingerprint density at radius 1 is 1.32 bits per heavy atom. The summed E-state index contributed by atoms with van der Waals surface area (Å²) < 4.78 is 5.64. The fraction of sp³-hybridized carbons (Fsp3) is 0.562. The van der Waals surface area contributed by atoms with Gasteiger partial charge in [-0.2, -0.15) is 0 Å². The van der Waals surface area contributed by atoms with Crippen LogP contribution >= 0.6 is 0 Å². The maximum Gasteiger partial charge on any atom is 0.170 e. The van der Waals surface area contributed by atoms with Crippen LogP contribution in [0.15, 0.2) is 24.3 Å². The van der Waals surface area contributed by atoms with Crippen molar-refractivity contribution in [1.82, 2.24) is 0 Å². The quantitative estimate of drug-likeness (QED) is 0.767. The highest BCUT2D eigenvalue weighted by Crippen LogP contribution is 2.30. The van der Waals surface area contributed by atoms with Gasteiger partial charge in [0.2, 0.25) is 0 Å². The first-order valence-electron chi connectivity index (χ1n) is 7.00. The van der Waals surface area contributed by atoms with Crippen molar-refractivity contribution < 1.29 is 9.53 Å². The van der Waals surface area contributed by atoms with Gasteiger partial charge in [0.05, 0.1) is 6.10 Å². The highest BCUT2D eigenvalue weighted by molar-refractivity contribution is 6.01. The first-order chi connectivity index (χ1) is 8.99. The van der Waals surface area contributed by atoms with Gasteiger partial charge in [-0.15, -0.1) is 0 Å². The summed E-state index contributed by atoms with van der Waals surface area (Å²) in [5.74, 6) is 0.855. The van der Waals surface area contributed by atoms with Gasteiger partial charge in [0.15, 0.2) is 5.78 Å². The first-order valence-corrected chi connectivity index (χ1v) is 7.00. The fourth-order valence-electron chi connectivity index (χ4n) is 2.24. The molecule has 0 saturated heterocycles. The maximum absolute atomic E-state index is 12.7. The number of Topliss-reactive ketones (excluding diaryl/α,β-unsaturated/α-hetero) is 1. The molecule has 1 aromatic carbocycles. The van der Waals surface area contributed by atoms with E-state index in [2.05, 4.69) is 0 Å². The monoisotopic (exact) mass is 263 g/mol. The molecule has 1 aromatic rings. The van der Waals surface area contributed by atoms with Gasteiger partial charge in [-0.3, -0.25) is 4.79 Å². The van der Waals surface area contributed by atoms with E-state index in [4.69, 9.17) is 10.5 Å². The maximum atomic E-state index is 12.7. The van der Waals surface area contributed by atoms with E-state index >= 15 is 0 Å². The molecule has 106 valence electrons. The smallest absolute Gasteiger partial charge is 0.170 e. The van der Waals surface area contributed by atoms with Gasteiger partial charge >= 0.3 is 0 Å². The number of rotatable bonds is 7. The highest BCUT2D eigenvalue weighted by Gasteiger charge is 2.34. The molecule has 0 aliphatic carbocycles. The molecule has 19 heavy (non-hydrogen) atoms. The Kier molecular flexibility index (Phi) is 5.55. The lowest BCUT2D eigenvalue weighted by Gasteiger charge is -2.28. The summed E-state index contributed by atoms with van der Waals surface area (Å²) in [5, 5.41) is 0. The average Bonchev–Trinajstić information content (AvgIpc) is 2.40. The standard InChI is InChI=1S/C16H25NO2/c1-5-16(6-2,11-17)15(18)13-8-7-9-14(10-13)19-12(3)4/h7-10,12H,5-6,11,17H2,1-4H3. The number of ketones is 1. The minimum Gasteiger partial charge on any atom is -0.491 e. The van der Waals surface area contributed by atoms with E-state index in [0.717, 1.165) is 18.6 Å². The van der Waals surface area contributed by atoms with Crippen LogP contribution in [0.1, 0.15) is 50.9 Å². The predicted octanol–water partition coefficient (Wildman–Crippen LogP) is 3.42. The molecular weight excluding hydrogens is 238 g/mol. The molecule has 0 unspecified atom stereocenters. The molecule has 2 N–H and O–H groups in total. The van der Waals surface area contributed by atoms with E-state index in [1.807, 2.05) is 52.0 Å². The molecule has 0 aliphatic rings. The van der Waals surface area contributed by atoms with Crippen LogP contribution in [0.25, 0.3) is 0 Å². The van der Waals surface area contributed by atoms with Crippen molar-refractivity contribution >= 4 is 5.78 Å². The number of ether oxygens (including phenoxy) is 1. The SMILES string of the molecule is CCC(CC)(CN)C(=O)c1cccc(OC(C)C)c1. The van der Waals surface area contributed by atoms with E-state index in [9.17, 15) is 4.79 Å². The summed E-state index contributed by atoms with van der Waals surface area (Å²) in [6.45, 7) is 8.35. The second-order valence-electron chi connectivity index (χ2n) is 5.22. The number of hydrogen-bond acceptors (Lipinski definition) is 3. The Morgan fingerprint density at radius 3 is 2.42 bits per heavy atom. The van der Waals surface area contributed by atoms with Crippen molar-refractivity contribution in [2.24, 2.45) is 11.1 Å². The van der Waals surface area contributed by atoms with Gasteiger partial charge in [-0.05, 0) is 38.8 Å². The van der Waals surface area contributed by atoms with Crippen molar-refractivity contribution in [2.45, 2.75) is 46.6 Å². The summed E-state index contributed by atoms with van der Waals surface area (Å²) >= 11 is 0. The second kappa shape index (κ2) is 6.71. The fourth-order valence-corrected chi connectivity index (χ4v) is 2.24. The summed E-state index contributed by atoms with van der Waals surface area (Å²) in [6.07, 6.45) is 1.62. The van der Waals surface area contributed by atoms with Crippen LogP contribution in [0, 0.1) is 5.41 Å². The van der Waals surface area contributed by atoms with Crippen LogP contribution in [0.3, 0.4) is 0 Å². The van der Waals surface area contributed by atoms with E-state index in [1.54, 1.807) is 0 Å². The molecule has 0 heterocycles. The zero-order valence-electron chi connectivity index (χ0n) is 12.4. The van der Waals surface area contributed by atoms with Crippen molar-refractivity contribution in [2.75, 3.05) is 6.54 Å². The minimum absolute atomic E-state index is 0.0990. The molecule has 0 bridgehead atoms. The van der Waals surface area contributed by atoms with Crippen molar-refractivity contribution in [1.29, 1.82) is 0 Å². The number of hydrogen-bond donors (Lipinski definition) is 1. The Morgan fingerprint density at radius 2 is 1.95 bits per heavy atom. The first kappa shape index (κ1) is 15.7. The van der Waals surface area contributed by atoms with Crippen molar-refractivity contribution in [3.05, 3.63) is 29.8 Å². The van der Waals surface area contributed by atoms with Crippen LogP contribution in [0.2, 0.25) is 0 Å². The van der Waals surface area contributed by atoms with E-state index < -0.39 is 5.41 Å². The third-order valence-electron chi connectivity index (χ3n) is 3.69. The van der Waals surface area contributed by atoms with Gasteiger partial charge in [-0.1, -0.05) is 26.0 Å².